The lowest BCUT2D eigenvalue weighted by atomic mass is 9.86. The molecule has 178 valence electrons. The second-order valence-corrected chi connectivity index (χ2v) is 10.3. The van der Waals surface area contributed by atoms with Crippen LogP contribution < -0.4 is 5.32 Å². The molecule has 2 aliphatic rings. The highest BCUT2D eigenvalue weighted by molar-refractivity contribution is 7.20. The lowest BCUT2D eigenvalue weighted by molar-refractivity contribution is -0.138. The second-order valence-electron chi connectivity index (χ2n) is 9.30. The number of aromatic nitrogens is 2. The molecule has 2 N–H and O–H groups in total. The highest BCUT2D eigenvalue weighted by Gasteiger charge is 2.25. The van der Waals surface area contributed by atoms with E-state index in [-0.39, 0.29) is 36.6 Å². The number of carbonyl (C=O) groups excluding carboxylic acids is 2. The molecule has 2 fully saturated rings. The summed E-state index contributed by atoms with van der Waals surface area (Å²) in [4.78, 5) is 40.9. The summed E-state index contributed by atoms with van der Waals surface area (Å²) in [6.07, 6.45) is 10.9. The number of aryl methyl sites for hydroxylation is 1. The Morgan fingerprint density at radius 2 is 1.88 bits per heavy atom. The number of aliphatic carboxylic acids is 1. The maximum absolute atomic E-state index is 13.0. The lowest BCUT2D eigenvalue weighted by Gasteiger charge is -2.26. The standard InChI is InChI=1S/C24H32N4O4S/c1-15-19-13-20(33-24(19)28(27-15)18-5-3-2-4-6-18)23(32)26-17-9-7-16(8-10-17)14-25-21(29)11-12-22(30)31/h13-14,16-18H,2-12H2,1H3,(H,26,32)(H,30,31). The Labute approximate surface area is 197 Å². The molecule has 0 spiro atoms. The quantitative estimate of drug-likeness (QED) is 0.569. The molecule has 0 unspecified atom stereocenters. The molecule has 2 aromatic rings. The van der Waals surface area contributed by atoms with Gasteiger partial charge in [0.25, 0.3) is 5.91 Å². The Hall–Kier alpha value is -2.55. The Kier molecular flexibility index (Phi) is 7.57. The third-order valence-electron chi connectivity index (χ3n) is 6.80. The summed E-state index contributed by atoms with van der Waals surface area (Å²) in [6, 6.07) is 2.54. The van der Waals surface area contributed by atoms with Gasteiger partial charge in [0.15, 0.2) is 0 Å². The van der Waals surface area contributed by atoms with Crippen LogP contribution in [0, 0.1) is 12.8 Å². The maximum Gasteiger partial charge on any atom is 0.303 e. The molecule has 0 aromatic carbocycles. The van der Waals surface area contributed by atoms with Crippen LogP contribution in [0.4, 0.5) is 0 Å². The first-order valence-corrected chi connectivity index (χ1v) is 12.8. The molecule has 9 heteroatoms. The van der Waals surface area contributed by atoms with Crippen LogP contribution in [0.3, 0.4) is 0 Å². The van der Waals surface area contributed by atoms with Gasteiger partial charge in [-0.15, -0.1) is 11.3 Å². The van der Waals surface area contributed by atoms with E-state index < -0.39 is 5.97 Å². The van der Waals surface area contributed by atoms with Crippen molar-refractivity contribution in [3.05, 3.63) is 16.6 Å². The van der Waals surface area contributed by atoms with E-state index in [0.717, 1.165) is 59.3 Å². The SMILES string of the molecule is Cc1nn(C2CCCCC2)c2sc(C(=O)NC3CCC(C=NC(=O)CCC(=O)O)CC3)cc12. The van der Waals surface area contributed by atoms with E-state index in [9.17, 15) is 14.4 Å². The average Bonchev–Trinajstić information content (AvgIpc) is 3.38. The largest absolute Gasteiger partial charge is 0.481 e. The summed E-state index contributed by atoms with van der Waals surface area (Å²) >= 11 is 1.54. The van der Waals surface area contributed by atoms with Crippen molar-refractivity contribution in [1.29, 1.82) is 0 Å². The number of hydrogen-bond acceptors (Lipinski definition) is 5. The molecule has 2 heterocycles. The topological polar surface area (TPSA) is 114 Å². The smallest absolute Gasteiger partial charge is 0.303 e. The first-order valence-electron chi connectivity index (χ1n) is 12.0. The zero-order valence-corrected chi connectivity index (χ0v) is 19.9. The monoisotopic (exact) mass is 472 g/mol. The molecular weight excluding hydrogens is 440 g/mol. The van der Waals surface area contributed by atoms with Gasteiger partial charge in [-0.25, -0.2) is 4.99 Å². The van der Waals surface area contributed by atoms with Gasteiger partial charge in [0.1, 0.15) is 4.83 Å². The fourth-order valence-corrected chi connectivity index (χ4v) is 6.03. The molecule has 0 radical (unpaired) electrons. The first-order chi connectivity index (χ1) is 15.9. The normalized spacial score (nSPS) is 22.1. The number of thiophene rings is 1. The van der Waals surface area contributed by atoms with Gasteiger partial charge in [0.05, 0.1) is 23.0 Å². The molecular formula is C24H32N4O4S. The number of fused-ring (bicyclic) bond motifs is 1. The van der Waals surface area contributed by atoms with Crippen LogP contribution in [0.15, 0.2) is 11.1 Å². The van der Waals surface area contributed by atoms with Crippen molar-refractivity contribution >= 4 is 45.6 Å². The van der Waals surface area contributed by atoms with Crippen LogP contribution in [0.2, 0.25) is 0 Å². The van der Waals surface area contributed by atoms with Crippen LogP contribution in [0.25, 0.3) is 10.2 Å². The fraction of sp³-hybridized carbons (Fsp3) is 0.625. The second kappa shape index (κ2) is 10.6. The number of aliphatic imine (C=N–C) groups is 1. The highest BCUT2D eigenvalue weighted by atomic mass is 32.1. The molecule has 2 aromatic heterocycles. The van der Waals surface area contributed by atoms with E-state index in [4.69, 9.17) is 10.2 Å². The third-order valence-corrected chi connectivity index (χ3v) is 7.93. The van der Waals surface area contributed by atoms with E-state index >= 15 is 0 Å². The van der Waals surface area contributed by atoms with Gasteiger partial charge in [-0.05, 0) is 57.4 Å². The number of carboxylic acids is 1. The predicted molar refractivity (Wildman–Crippen MR) is 128 cm³/mol. The number of nitrogens with one attached hydrogen (secondary N) is 1. The number of carboxylic acid groups (broad SMARTS) is 1. The zero-order valence-electron chi connectivity index (χ0n) is 19.1. The molecule has 8 nitrogen and oxygen atoms in total. The number of hydrogen-bond donors (Lipinski definition) is 2. The molecule has 0 bridgehead atoms. The summed E-state index contributed by atoms with van der Waals surface area (Å²) < 4.78 is 2.16. The van der Waals surface area contributed by atoms with Crippen LogP contribution in [-0.2, 0) is 9.59 Å². The molecule has 0 aliphatic heterocycles. The van der Waals surface area contributed by atoms with Gasteiger partial charge in [-0.2, -0.15) is 5.10 Å². The molecule has 0 saturated heterocycles. The van der Waals surface area contributed by atoms with Gasteiger partial charge in [-0.3, -0.25) is 19.1 Å². The van der Waals surface area contributed by atoms with Gasteiger partial charge in [0, 0.05) is 24.1 Å². The van der Waals surface area contributed by atoms with Gasteiger partial charge in [0.2, 0.25) is 5.91 Å². The summed E-state index contributed by atoms with van der Waals surface area (Å²) in [5.74, 6) is -1.21. The highest BCUT2D eigenvalue weighted by Crippen LogP contribution is 2.35. The summed E-state index contributed by atoms with van der Waals surface area (Å²) in [5, 5.41) is 17.7. The van der Waals surface area contributed by atoms with Crippen LogP contribution >= 0.6 is 11.3 Å². The van der Waals surface area contributed by atoms with Crippen molar-refractivity contribution in [3.8, 4) is 0 Å². The van der Waals surface area contributed by atoms with Crippen molar-refractivity contribution in [2.24, 2.45) is 10.9 Å². The van der Waals surface area contributed by atoms with Crippen molar-refractivity contribution in [1.82, 2.24) is 15.1 Å². The molecule has 33 heavy (non-hydrogen) atoms. The molecule has 0 atom stereocenters. The predicted octanol–water partition coefficient (Wildman–Crippen LogP) is 4.66. The van der Waals surface area contributed by atoms with Crippen molar-refractivity contribution in [2.75, 3.05) is 0 Å². The third kappa shape index (κ3) is 5.88. The number of carbonyl (C=O) groups is 3. The molecule has 2 aliphatic carbocycles. The average molecular weight is 473 g/mol. The van der Waals surface area contributed by atoms with Gasteiger partial charge < -0.3 is 10.4 Å². The first kappa shape index (κ1) is 23.6. The van der Waals surface area contributed by atoms with Crippen molar-refractivity contribution in [3.63, 3.8) is 0 Å². The Bertz CT molecular complexity index is 1040. The number of amides is 2. The van der Waals surface area contributed by atoms with Gasteiger partial charge in [-0.1, -0.05) is 19.3 Å². The molecule has 4 rings (SSSR count). The van der Waals surface area contributed by atoms with Crippen molar-refractivity contribution in [2.45, 2.75) is 89.6 Å². The fourth-order valence-electron chi connectivity index (χ4n) is 4.89. The summed E-state index contributed by atoms with van der Waals surface area (Å²) in [5.41, 5.74) is 0.989. The Morgan fingerprint density at radius 1 is 1.15 bits per heavy atom. The van der Waals surface area contributed by atoms with Crippen molar-refractivity contribution < 1.29 is 19.5 Å². The summed E-state index contributed by atoms with van der Waals surface area (Å²) in [7, 11) is 0. The van der Waals surface area contributed by atoms with Crippen LogP contribution in [0.5, 0.6) is 0 Å². The summed E-state index contributed by atoms with van der Waals surface area (Å²) in [6.45, 7) is 2.02. The Balaban J connectivity index is 1.31. The van der Waals surface area contributed by atoms with E-state index in [0.29, 0.717) is 6.04 Å². The van der Waals surface area contributed by atoms with E-state index in [1.807, 2.05) is 13.0 Å². The van der Waals surface area contributed by atoms with Crippen LogP contribution in [-0.4, -0.2) is 44.9 Å². The number of nitrogens with zero attached hydrogens (tertiary/aromatic N) is 3. The van der Waals surface area contributed by atoms with E-state index in [2.05, 4.69) is 15.0 Å². The minimum atomic E-state index is -0.991. The van der Waals surface area contributed by atoms with Gasteiger partial charge >= 0.3 is 5.97 Å². The minimum absolute atomic E-state index is 0.0215. The van der Waals surface area contributed by atoms with E-state index in [1.54, 1.807) is 17.6 Å². The minimum Gasteiger partial charge on any atom is -0.481 e. The van der Waals surface area contributed by atoms with E-state index in [1.165, 1.54) is 19.3 Å². The van der Waals surface area contributed by atoms with Crippen LogP contribution in [0.1, 0.15) is 92.0 Å². The Morgan fingerprint density at radius 3 is 2.58 bits per heavy atom. The lowest BCUT2D eigenvalue weighted by Crippen LogP contribution is -2.37. The zero-order chi connectivity index (χ0) is 23.4. The number of rotatable bonds is 7. The molecule has 2 amide bonds. The molecule has 2 saturated carbocycles. The maximum atomic E-state index is 13.0.